The van der Waals surface area contributed by atoms with Crippen LogP contribution in [0.2, 0.25) is 0 Å². The third kappa shape index (κ3) is 6.22. The summed E-state index contributed by atoms with van der Waals surface area (Å²) in [5.74, 6) is 0.00339. The second-order valence-corrected chi connectivity index (χ2v) is 6.89. The number of amides is 2. The van der Waals surface area contributed by atoms with Crippen molar-refractivity contribution in [1.82, 2.24) is 15.5 Å². The van der Waals surface area contributed by atoms with Crippen LogP contribution in [0.15, 0.2) is 0 Å². The number of carbonyl (C=O) groups excluding carboxylic acids is 2. The zero-order chi connectivity index (χ0) is 16.8. The van der Waals surface area contributed by atoms with Gasteiger partial charge < -0.3 is 20.3 Å². The van der Waals surface area contributed by atoms with Gasteiger partial charge in [0, 0.05) is 25.7 Å². The highest BCUT2D eigenvalue weighted by Crippen LogP contribution is 2.20. The molecule has 1 aliphatic heterocycles. The molecule has 0 aliphatic carbocycles. The topological polar surface area (TPSA) is 70.7 Å². The minimum absolute atomic E-state index is 0.00339. The van der Waals surface area contributed by atoms with Gasteiger partial charge in [0.15, 0.2) is 0 Å². The van der Waals surface area contributed by atoms with Crippen molar-refractivity contribution >= 4 is 12.0 Å². The molecule has 0 bridgehead atoms. The molecule has 2 atom stereocenters. The van der Waals surface area contributed by atoms with Crippen LogP contribution in [-0.2, 0) is 9.53 Å². The molecule has 1 heterocycles. The maximum atomic E-state index is 12.2. The summed E-state index contributed by atoms with van der Waals surface area (Å²) in [5.41, 5.74) is -0.481. The first kappa shape index (κ1) is 18.7. The Morgan fingerprint density at radius 3 is 2.64 bits per heavy atom. The van der Waals surface area contributed by atoms with Crippen LogP contribution in [-0.4, -0.2) is 54.2 Å². The molecule has 6 nitrogen and oxygen atoms in total. The van der Waals surface area contributed by atoms with Crippen LogP contribution in [0.4, 0.5) is 4.79 Å². The molecule has 0 aromatic carbocycles. The summed E-state index contributed by atoms with van der Waals surface area (Å²) < 4.78 is 5.44. The van der Waals surface area contributed by atoms with Gasteiger partial charge in [-0.25, -0.2) is 4.79 Å². The summed E-state index contributed by atoms with van der Waals surface area (Å²) in [6, 6.07) is -0.163. The van der Waals surface area contributed by atoms with Gasteiger partial charge in [0.25, 0.3) is 0 Å². The Morgan fingerprint density at radius 1 is 1.36 bits per heavy atom. The van der Waals surface area contributed by atoms with Gasteiger partial charge in [-0.05, 0) is 47.0 Å². The fourth-order valence-electron chi connectivity index (χ4n) is 2.42. The standard InChI is InChI=1S/C16H31N3O3/c1-6-9-17-14(20)12(2)18-11-13-8-7-10-19(13)15(21)22-16(3,4)5/h12-13,18H,6-11H2,1-5H3,(H,17,20). The summed E-state index contributed by atoms with van der Waals surface area (Å²) in [7, 11) is 0. The molecule has 2 amide bonds. The number of nitrogens with one attached hydrogen (secondary N) is 2. The van der Waals surface area contributed by atoms with Crippen molar-refractivity contribution in [3.05, 3.63) is 0 Å². The Balaban J connectivity index is 2.44. The lowest BCUT2D eigenvalue weighted by atomic mass is 10.2. The molecule has 0 aromatic rings. The molecule has 1 rings (SSSR count). The molecule has 1 saturated heterocycles. The van der Waals surface area contributed by atoms with E-state index < -0.39 is 5.60 Å². The Morgan fingerprint density at radius 2 is 2.05 bits per heavy atom. The van der Waals surface area contributed by atoms with Gasteiger partial charge in [-0.15, -0.1) is 0 Å². The first-order chi connectivity index (χ1) is 10.2. The number of hydrogen-bond acceptors (Lipinski definition) is 4. The van der Waals surface area contributed by atoms with Gasteiger partial charge in [0.1, 0.15) is 5.60 Å². The van der Waals surface area contributed by atoms with E-state index in [-0.39, 0.29) is 24.1 Å². The van der Waals surface area contributed by atoms with Crippen molar-refractivity contribution in [2.24, 2.45) is 0 Å². The quantitative estimate of drug-likeness (QED) is 0.785. The summed E-state index contributed by atoms with van der Waals surface area (Å²) in [5, 5.41) is 6.09. The van der Waals surface area contributed by atoms with Crippen LogP contribution >= 0.6 is 0 Å². The van der Waals surface area contributed by atoms with E-state index in [1.165, 1.54) is 0 Å². The van der Waals surface area contributed by atoms with E-state index in [9.17, 15) is 9.59 Å². The normalized spacial score (nSPS) is 19.9. The van der Waals surface area contributed by atoms with Gasteiger partial charge in [-0.3, -0.25) is 4.79 Å². The summed E-state index contributed by atoms with van der Waals surface area (Å²) >= 11 is 0. The molecule has 6 heteroatoms. The predicted octanol–water partition coefficient (Wildman–Crippen LogP) is 1.89. The smallest absolute Gasteiger partial charge is 0.410 e. The number of nitrogens with zero attached hydrogens (tertiary/aromatic N) is 1. The van der Waals surface area contributed by atoms with Crippen molar-refractivity contribution in [3.8, 4) is 0 Å². The molecule has 2 N–H and O–H groups in total. The largest absolute Gasteiger partial charge is 0.444 e. The Labute approximate surface area is 134 Å². The molecule has 2 unspecified atom stereocenters. The molecule has 1 aliphatic rings. The molecular formula is C16H31N3O3. The minimum atomic E-state index is -0.481. The average Bonchev–Trinajstić information content (AvgIpc) is 2.88. The Hall–Kier alpha value is -1.30. The van der Waals surface area contributed by atoms with Gasteiger partial charge in [0.05, 0.1) is 6.04 Å². The SMILES string of the molecule is CCCNC(=O)C(C)NCC1CCCN1C(=O)OC(C)(C)C. The molecule has 0 saturated carbocycles. The van der Waals surface area contributed by atoms with Gasteiger partial charge in [-0.2, -0.15) is 0 Å². The van der Waals surface area contributed by atoms with Crippen LogP contribution in [0.1, 0.15) is 53.9 Å². The lowest BCUT2D eigenvalue weighted by Gasteiger charge is -2.29. The van der Waals surface area contributed by atoms with Gasteiger partial charge >= 0.3 is 6.09 Å². The Bertz CT molecular complexity index is 379. The molecule has 0 aromatic heterocycles. The van der Waals surface area contributed by atoms with Crippen molar-refractivity contribution in [3.63, 3.8) is 0 Å². The van der Waals surface area contributed by atoms with Crippen LogP contribution in [0.5, 0.6) is 0 Å². The van der Waals surface area contributed by atoms with Crippen molar-refractivity contribution in [2.75, 3.05) is 19.6 Å². The van der Waals surface area contributed by atoms with Crippen molar-refractivity contribution < 1.29 is 14.3 Å². The highest BCUT2D eigenvalue weighted by atomic mass is 16.6. The highest BCUT2D eigenvalue weighted by molar-refractivity contribution is 5.81. The van der Waals surface area contributed by atoms with E-state index in [0.29, 0.717) is 13.1 Å². The second kappa shape index (κ2) is 8.36. The average molecular weight is 313 g/mol. The molecule has 0 spiro atoms. The number of hydrogen-bond donors (Lipinski definition) is 2. The van der Waals surface area contributed by atoms with E-state index in [0.717, 1.165) is 25.8 Å². The summed E-state index contributed by atoms with van der Waals surface area (Å²) in [4.78, 5) is 25.8. The van der Waals surface area contributed by atoms with Crippen LogP contribution in [0.3, 0.4) is 0 Å². The maximum Gasteiger partial charge on any atom is 0.410 e. The highest BCUT2D eigenvalue weighted by Gasteiger charge is 2.32. The van der Waals surface area contributed by atoms with E-state index in [2.05, 4.69) is 10.6 Å². The van der Waals surface area contributed by atoms with Crippen LogP contribution < -0.4 is 10.6 Å². The zero-order valence-electron chi connectivity index (χ0n) is 14.6. The number of likely N-dealkylation sites (tertiary alicyclic amines) is 1. The van der Waals surface area contributed by atoms with E-state index in [1.807, 2.05) is 34.6 Å². The van der Waals surface area contributed by atoms with Gasteiger partial charge in [-0.1, -0.05) is 6.92 Å². The Kier molecular flexibility index (Phi) is 7.13. The first-order valence-corrected chi connectivity index (χ1v) is 8.25. The monoisotopic (exact) mass is 313 g/mol. The third-order valence-corrected chi connectivity index (χ3v) is 3.61. The minimum Gasteiger partial charge on any atom is -0.444 e. The maximum absolute atomic E-state index is 12.2. The molecular weight excluding hydrogens is 282 g/mol. The molecule has 0 radical (unpaired) electrons. The zero-order valence-corrected chi connectivity index (χ0v) is 14.6. The van der Waals surface area contributed by atoms with E-state index in [4.69, 9.17) is 4.74 Å². The van der Waals surface area contributed by atoms with Crippen LogP contribution in [0.25, 0.3) is 0 Å². The van der Waals surface area contributed by atoms with E-state index >= 15 is 0 Å². The summed E-state index contributed by atoms with van der Waals surface area (Å²) in [6.45, 7) is 11.5. The number of carbonyl (C=O) groups is 2. The number of rotatable bonds is 6. The predicted molar refractivity (Wildman–Crippen MR) is 86.7 cm³/mol. The second-order valence-electron chi connectivity index (χ2n) is 6.89. The van der Waals surface area contributed by atoms with Gasteiger partial charge in [0.2, 0.25) is 5.91 Å². The van der Waals surface area contributed by atoms with E-state index in [1.54, 1.807) is 4.90 Å². The lowest BCUT2D eigenvalue weighted by Crippen LogP contribution is -2.49. The van der Waals surface area contributed by atoms with Crippen molar-refractivity contribution in [1.29, 1.82) is 0 Å². The fraction of sp³-hybridized carbons (Fsp3) is 0.875. The van der Waals surface area contributed by atoms with Crippen LogP contribution in [0, 0.1) is 0 Å². The first-order valence-electron chi connectivity index (χ1n) is 8.25. The lowest BCUT2D eigenvalue weighted by molar-refractivity contribution is -0.122. The fourth-order valence-corrected chi connectivity index (χ4v) is 2.42. The van der Waals surface area contributed by atoms with Crippen molar-refractivity contribution in [2.45, 2.75) is 71.6 Å². The molecule has 22 heavy (non-hydrogen) atoms. The third-order valence-electron chi connectivity index (χ3n) is 3.61. The molecule has 1 fully saturated rings. The number of ether oxygens (including phenoxy) is 1. The summed E-state index contributed by atoms with van der Waals surface area (Å²) in [6.07, 6.45) is 2.57. The molecule has 128 valence electrons.